The first-order chi connectivity index (χ1) is 16.6. The van der Waals surface area contributed by atoms with Gasteiger partial charge >= 0.3 is 23.9 Å². The lowest BCUT2D eigenvalue weighted by atomic mass is 9.72. The van der Waals surface area contributed by atoms with Crippen molar-refractivity contribution < 1.29 is 42.9 Å². The number of nitrogens with zero attached hydrogens (tertiary/aromatic N) is 1. The molecule has 1 fully saturated rings. The van der Waals surface area contributed by atoms with Crippen LogP contribution in [0.1, 0.15) is 33.3 Å². The Labute approximate surface area is 203 Å². The van der Waals surface area contributed by atoms with Crippen molar-refractivity contribution in [2.24, 2.45) is 11.8 Å². The van der Waals surface area contributed by atoms with Crippen LogP contribution in [0.3, 0.4) is 0 Å². The number of methoxy groups -OCH3 is 2. The van der Waals surface area contributed by atoms with E-state index in [0.29, 0.717) is 11.3 Å². The van der Waals surface area contributed by atoms with E-state index in [1.165, 1.54) is 18.7 Å². The molecule has 11 nitrogen and oxygen atoms in total. The number of rotatable bonds is 7. The summed E-state index contributed by atoms with van der Waals surface area (Å²) in [6.07, 6.45) is 0. The zero-order chi connectivity index (χ0) is 26.1. The third kappa shape index (κ3) is 3.56. The number of hydrogen-bond donors (Lipinski definition) is 1. The number of esters is 4. The van der Waals surface area contributed by atoms with Crippen LogP contribution in [-0.4, -0.2) is 68.8 Å². The lowest BCUT2D eigenvalue weighted by molar-refractivity contribution is -0.175. The third-order valence-corrected chi connectivity index (χ3v) is 6.43. The van der Waals surface area contributed by atoms with E-state index in [0.717, 1.165) is 14.2 Å². The number of para-hydroxylation sites is 1. The van der Waals surface area contributed by atoms with E-state index in [-0.39, 0.29) is 19.3 Å². The van der Waals surface area contributed by atoms with Crippen molar-refractivity contribution in [2.75, 3.05) is 32.3 Å². The molecule has 35 heavy (non-hydrogen) atoms. The topological polar surface area (TPSA) is 138 Å². The fraction of sp³-hybridized carbons (Fsp3) is 0.542. The van der Waals surface area contributed by atoms with Crippen molar-refractivity contribution in [3.05, 3.63) is 29.8 Å². The second-order valence-electron chi connectivity index (χ2n) is 8.47. The highest BCUT2D eigenvalue weighted by Gasteiger charge is 2.79. The molecule has 190 valence electrons. The van der Waals surface area contributed by atoms with Gasteiger partial charge in [-0.25, -0.2) is 9.59 Å². The van der Waals surface area contributed by atoms with Crippen molar-refractivity contribution >= 4 is 35.5 Å². The van der Waals surface area contributed by atoms with Crippen molar-refractivity contribution in [1.82, 2.24) is 5.32 Å². The fourth-order valence-electron chi connectivity index (χ4n) is 5.14. The maximum absolute atomic E-state index is 14.2. The molecular weight excluding hydrogens is 460 g/mol. The summed E-state index contributed by atoms with van der Waals surface area (Å²) in [7, 11) is 2.14. The van der Waals surface area contributed by atoms with E-state index < -0.39 is 52.7 Å². The summed E-state index contributed by atoms with van der Waals surface area (Å²) in [4.78, 5) is 69.1. The third-order valence-electron chi connectivity index (χ3n) is 6.43. The van der Waals surface area contributed by atoms with Gasteiger partial charge in [0.15, 0.2) is 0 Å². The van der Waals surface area contributed by atoms with E-state index in [2.05, 4.69) is 5.32 Å². The van der Waals surface area contributed by atoms with E-state index in [9.17, 15) is 24.0 Å². The second kappa shape index (κ2) is 9.65. The van der Waals surface area contributed by atoms with Gasteiger partial charge in [-0.05, 0) is 33.8 Å². The minimum atomic E-state index is -2.56. The number of anilines is 1. The van der Waals surface area contributed by atoms with Crippen LogP contribution in [0.15, 0.2) is 24.3 Å². The molecule has 2 aliphatic rings. The molecule has 1 N–H and O–H groups in total. The lowest BCUT2D eigenvalue weighted by Crippen LogP contribution is -2.65. The molecule has 0 radical (unpaired) electrons. The monoisotopic (exact) mass is 490 g/mol. The van der Waals surface area contributed by atoms with Crippen molar-refractivity contribution in [1.29, 1.82) is 0 Å². The minimum Gasteiger partial charge on any atom is -0.469 e. The zero-order valence-corrected chi connectivity index (χ0v) is 20.6. The number of fused-ring (bicyclic) bond motifs is 2. The maximum atomic E-state index is 14.2. The van der Waals surface area contributed by atoms with Gasteiger partial charge in [-0.15, -0.1) is 0 Å². The number of carbonyl (C=O) groups is 5. The lowest BCUT2D eigenvalue weighted by Gasteiger charge is -2.32. The van der Waals surface area contributed by atoms with E-state index in [1.807, 2.05) is 0 Å². The van der Waals surface area contributed by atoms with Gasteiger partial charge in [0.05, 0.1) is 27.4 Å². The highest BCUT2D eigenvalue weighted by Crippen LogP contribution is 2.56. The van der Waals surface area contributed by atoms with Gasteiger partial charge in [0.2, 0.25) is 5.54 Å². The molecule has 1 aromatic carbocycles. The normalized spacial score (nSPS) is 24.3. The summed E-state index contributed by atoms with van der Waals surface area (Å²) < 4.78 is 20.4. The first kappa shape index (κ1) is 26.1. The molecule has 0 bridgehead atoms. The summed E-state index contributed by atoms with van der Waals surface area (Å²) in [5, 5.41) is 2.83. The zero-order valence-electron chi connectivity index (χ0n) is 20.6. The Bertz CT molecular complexity index is 1040. The van der Waals surface area contributed by atoms with E-state index in [1.54, 1.807) is 38.1 Å². The highest BCUT2D eigenvalue weighted by molar-refractivity contribution is 6.17. The minimum absolute atomic E-state index is 0.145. The van der Waals surface area contributed by atoms with Gasteiger partial charge in [-0.1, -0.05) is 18.2 Å². The molecule has 3 atom stereocenters. The largest absolute Gasteiger partial charge is 0.469 e. The summed E-state index contributed by atoms with van der Waals surface area (Å²) in [6.45, 7) is 6.29. The quantitative estimate of drug-likeness (QED) is 0.330. The predicted octanol–water partition coefficient (Wildman–Crippen LogP) is 0.684. The van der Waals surface area contributed by atoms with Crippen molar-refractivity contribution in [3.63, 3.8) is 0 Å². The second-order valence-corrected chi connectivity index (χ2v) is 8.47. The Kier molecular flexibility index (Phi) is 7.21. The first-order valence-electron chi connectivity index (χ1n) is 11.3. The molecule has 11 heteroatoms. The Hall–Kier alpha value is -3.47. The molecule has 0 aliphatic carbocycles. The van der Waals surface area contributed by atoms with Gasteiger partial charge in [-0.3, -0.25) is 19.7 Å². The summed E-state index contributed by atoms with van der Waals surface area (Å²) in [6, 6.07) is 6.28. The summed E-state index contributed by atoms with van der Waals surface area (Å²) in [5.74, 6) is -8.54. The van der Waals surface area contributed by atoms with Crippen molar-refractivity contribution in [3.8, 4) is 0 Å². The Morgan fingerprint density at radius 1 is 0.943 bits per heavy atom. The first-order valence-corrected chi connectivity index (χ1v) is 11.3. The standard InChI is InChI=1S/C24H30N2O9/c1-7-34-21(30)24(22(31)35-8-2)17(19(28)33-6)16(18(27)32-5)23(25-24)14-11-9-10-12-15(14)26(13(3)4)20(23)29/h9-13,16-17,25H,7-8H2,1-6H3/t16-,17+,23+/m0/s1. The van der Waals surface area contributed by atoms with Gasteiger partial charge < -0.3 is 23.8 Å². The number of ether oxygens (including phenoxy) is 4. The number of benzene rings is 1. The Morgan fingerprint density at radius 2 is 1.46 bits per heavy atom. The van der Waals surface area contributed by atoms with E-state index in [4.69, 9.17) is 18.9 Å². The van der Waals surface area contributed by atoms with Crippen LogP contribution >= 0.6 is 0 Å². The summed E-state index contributed by atoms with van der Waals surface area (Å²) in [5.41, 5.74) is -3.82. The number of nitrogens with one attached hydrogen (secondary N) is 1. The smallest absolute Gasteiger partial charge is 0.339 e. The predicted molar refractivity (Wildman–Crippen MR) is 121 cm³/mol. The van der Waals surface area contributed by atoms with Crippen LogP contribution in [0.25, 0.3) is 0 Å². The molecule has 0 saturated carbocycles. The molecule has 1 saturated heterocycles. The molecular formula is C24H30N2O9. The number of hydrogen-bond acceptors (Lipinski definition) is 10. The van der Waals surface area contributed by atoms with Crippen molar-refractivity contribution in [2.45, 2.75) is 44.8 Å². The Morgan fingerprint density at radius 3 is 1.94 bits per heavy atom. The van der Waals surface area contributed by atoms with Crippen LogP contribution in [-0.2, 0) is 48.5 Å². The van der Waals surface area contributed by atoms with E-state index >= 15 is 0 Å². The average molecular weight is 491 g/mol. The maximum Gasteiger partial charge on any atom is 0.339 e. The SMILES string of the molecule is CCOC(=O)C1(C(=O)OCC)N[C@@]2(C(=O)N(C(C)C)c3ccccc32)[C@H](C(=O)OC)[C@@H]1C(=O)OC. The van der Waals surface area contributed by atoms with Gasteiger partial charge in [0.1, 0.15) is 17.4 Å². The molecule has 1 amide bonds. The van der Waals surface area contributed by atoms with Gasteiger partial charge in [-0.2, -0.15) is 0 Å². The summed E-state index contributed by atoms with van der Waals surface area (Å²) >= 11 is 0. The molecule has 1 aromatic rings. The van der Waals surface area contributed by atoms with Gasteiger partial charge in [0.25, 0.3) is 5.91 Å². The average Bonchev–Trinajstić information content (AvgIpc) is 3.30. The fourth-order valence-corrected chi connectivity index (χ4v) is 5.14. The number of amides is 1. The molecule has 0 aromatic heterocycles. The Balaban J connectivity index is 2.46. The molecule has 1 spiro atoms. The van der Waals surface area contributed by atoms with Crippen LogP contribution < -0.4 is 10.2 Å². The van der Waals surface area contributed by atoms with Crippen LogP contribution in [0.2, 0.25) is 0 Å². The highest BCUT2D eigenvalue weighted by atomic mass is 16.6. The van der Waals surface area contributed by atoms with Gasteiger partial charge in [0, 0.05) is 17.3 Å². The van der Waals surface area contributed by atoms with Crippen LogP contribution in [0.5, 0.6) is 0 Å². The number of carbonyl (C=O) groups excluding carboxylic acids is 5. The molecule has 3 rings (SSSR count). The molecule has 2 heterocycles. The van der Waals surface area contributed by atoms with Crippen LogP contribution in [0, 0.1) is 11.8 Å². The van der Waals surface area contributed by atoms with Crippen LogP contribution in [0.4, 0.5) is 5.69 Å². The molecule has 0 unspecified atom stereocenters. The molecule has 2 aliphatic heterocycles.